The second-order valence-electron chi connectivity index (χ2n) is 3.30. The molecule has 0 saturated heterocycles. The fourth-order valence-electron chi connectivity index (χ4n) is 1.29. The number of aryl methyl sites for hydroxylation is 1. The number of hydrogen-bond acceptors (Lipinski definition) is 5. The molecule has 7 nitrogen and oxygen atoms in total. The smallest absolute Gasteiger partial charge is 0.346 e. The number of aliphatic hydroxyl groups excluding tert-OH is 2. The molecule has 2 atom stereocenters. The van der Waals surface area contributed by atoms with Gasteiger partial charge >= 0.3 is 5.82 Å². The van der Waals surface area contributed by atoms with Crippen LogP contribution in [0.4, 0.5) is 5.82 Å². The summed E-state index contributed by atoms with van der Waals surface area (Å²) in [7, 11) is 0. The Hall–Kier alpha value is -1.18. The van der Waals surface area contributed by atoms with E-state index in [-0.39, 0.29) is 18.0 Å². The highest BCUT2D eigenvalue weighted by Crippen LogP contribution is 2.25. The summed E-state index contributed by atoms with van der Waals surface area (Å²) in [5, 5.41) is 29.8. The summed E-state index contributed by atoms with van der Waals surface area (Å²) in [5.41, 5.74) is -0.167. The Kier molecular flexibility index (Phi) is 4.22. The molecule has 0 amide bonds. The molecule has 16 heavy (non-hydrogen) atoms. The summed E-state index contributed by atoms with van der Waals surface area (Å²) in [6, 6.07) is 0. The molecule has 0 spiro atoms. The molecule has 0 aromatic carbocycles. The average molecular weight is 250 g/mol. The van der Waals surface area contributed by atoms with Crippen molar-refractivity contribution in [2.45, 2.75) is 25.6 Å². The van der Waals surface area contributed by atoms with Gasteiger partial charge in [0.25, 0.3) is 0 Å². The summed E-state index contributed by atoms with van der Waals surface area (Å²) < 4.78 is 0. The van der Waals surface area contributed by atoms with Crippen LogP contribution in [0.15, 0.2) is 0 Å². The Morgan fingerprint density at radius 1 is 1.62 bits per heavy atom. The van der Waals surface area contributed by atoms with Crippen molar-refractivity contribution in [1.82, 2.24) is 9.97 Å². The number of alkyl halides is 1. The van der Waals surface area contributed by atoms with Gasteiger partial charge in [-0.3, -0.25) is 0 Å². The monoisotopic (exact) mass is 249 g/mol. The topological polar surface area (TPSA) is 112 Å². The van der Waals surface area contributed by atoms with Gasteiger partial charge in [-0.1, -0.05) is 0 Å². The van der Waals surface area contributed by atoms with Gasteiger partial charge in [-0.25, -0.2) is 9.97 Å². The minimum atomic E-state index is -1.41. The standard InChI is InChI=1S/C8H12ClN3O4/c1-4-10-6(8(11-4)12(15)16)7(14)5(13)2-3-9/h5,7,13-14H,2-3H2,1H3,(H,10,11). The molecule has 0 aliphatic heterocycles. The Morgan fingerprint density at radius 2 is 2.25 bits per heavy atom. The Morgan fingerprint density at radius 3 is 2.75 bits per heavy atom. The summed E-state index contributed by atoms with van der Waals surface area (Å²) in [6.45, 7) is 1.52. The molecular formula is C8H12ClN3O4. The first-order chi connectivity index (χ1) is 7.47. The number of nitro groups is 1. The molecule has 1 rings (SSSR count). The third kappa shape index (κ3) is 2.69. The Labute approximate surface area is 96.2 Å². The number of rotatable bonds is 5. The maximum atomic E-state index is 10.6. The van der Waals surface area contributed by atoms with E-state index in [0.717, 1.165) is 0 Å². The van der Waals surface area contributed by atoms with Crippen LogP contribution in [0.1, 0.15) is 24.0 Å². The van der Waals surface area contributed by atoms with Gasteiger partial charge in [-0.05, 0) is 11.3 Å². The van der Waals surface area contributed by atoms with Crippen LogP contribution in [0.25, 0.3) is 0 Å². The van der Waals surface area contributed by atoms with E-state index in [0.29, 0.717) is 5.82 Å². The molecule has 90 valence electrons. The molecule has 0 fully saturated rings. The van der Waals surface area contributed by atoms with Gasteiger partial charge in [0.2, 0.25) is 0 Å². The van der Waals surface area contributed by atoms with Crippen molar-refractivity contribution in [3.05, 3.63) is 21.6 Å². The van der Waals surface area contributed by atoms with E-state index in [9.17, 15) is 20.3 Å². The van der Waals surface area contributed by atoms with Gasteiger partial charge < -0.3 is 20.3 Å². The highest BCUT2D eigenvalue weighted by Gasteiger charge is 2.29. The molecular weight excluding hydrogens is 238 g/mol. The van der Waals surface area contributed by atoms with E-state index in [1.165, 1.54) is 6.92 Å². The van der Waals surface area contributed by atoms with Crippen molar-refractivity contribution in [3.63, 3.8) is 0 Å². The number of aromatic amines is 1. The van der Waals surface area contributed by atoms with Crippen molar-refractivity contribution in [2.24, 2.45) is 0 Å². The van der Waals surface area contributed by atoms with Gasteiger partial charge in [0.05, 0.1) is 6.10 Å². The van der Waals surface area contributed by atoms with Crippen LogP contribution in [-0.4, -0.2) is 37.1 Å². The lowest BCUT2D eigenvalue weighted by Gasteiger charge is -2.14. The van der Waals surface area contributed by atoms with E-state index in [1.54, 1.807) is 0 Å². The van der Waals surface area contributed by atoms with Crippen LogP contribution in [-0.2, 0) is 0 Å². The molecule has 1 aromatic heterocycles. The summed E-state index contributed by atoms with van der Waals surface area (Å²) in [4.78, 5) is 16.1. The zero-order valence-electron chi connectivity index (χ0n) is 8.55. The average Bonchev–Trinajstić information content (AvgIpc) is 2.59. The first-order valence-electron chi connectivity index (χ1n) is 4.60. The van der Waals surface area contributed by atoms with Gasteiger partial charge in [-0.15, -0.1) is 11.6 Å². The highest BCUT2D eigenvalue weighted by molar-refractivity contribution is 6.17. The predicted molar refractivity (Wildman–Crippen MR) is 56.3 cm³/mol. The first kappa shape index (κ1) is 12.9. The van der Waals surface area contributed by atoms with Crippen molar-refractivity contribution >= 4 is 17.4 Å². The molecule has 3 N–H and O–H groups in total. The van der Waals surface area contributed by atoms with Crippen LogP contribution in [0, 0.1) is 17.0 Å². The first-order valence-corrected chi connectivity index (χ1v) is 5.13. The van der Waals surface area contributed by atoms with E-state index in [1.807, 2.05) is 0 Å². The quantitative estimate of drug-likeness (QED) is 0.403. The molecule has 8 heteroatoms. The molecule has 0 bridgehead atoms. The van der Waals surface area contributed by atoms with E-state index >= 15 is 0 Å². The minimum Gasteiger partial charge on any atom is -0.390 e. The number of aliphatic hydroxyl groups is 2. The molecule has 0 aliphatic carbocycles. The fourth-order valence-corrected chi connectivity index (χ4v) is 1.52. The minimum absolute atomic E-state index is 0.131. The number of halogens is 1. The predicted octanol–water partition coefficient (Wildman–Crippen LogP) is 0.650. The van der Waals surface area contributed by atoms with Crippen LogP contribution in [0.3, 0.4) is 0 Å². The number of nitrogens with one attached hydrogen (secondary N) is 1. The van der Waals surface area contributed by atoms with Crippen LogP contribution in [0.5, 0.6) is 0 Å². The maximum Gasteiger partial charge on any atom is 0.346 e. The normalized spacial score (nSPS) is 14.8. The van der Waals surface area contributed by atoms with Crippen LogP contribution >= 0.6 is 11.6 Å². The Bertz CT molecular complexity index is 381. The molecule has 1 aromatic rings. The lowest BCUT2D eigenvalue weighted by Crippen LogP contribution is -2.20. The SMILES string of the molecule is Cc1nc(C(O)C(O)CCCl)c([N+](=O)[O-])[nH]1. The molecule has 2 unspecified atom stereocenters. The molecule has 0 saturated carbocycles. The number of aromatic nitrogens is 2. The maximum absolute atomic E-state index is 10.6. The second-order valence-corrected chi connectivity index (χ2v) is 3.68. The third-order valence-electron chi connectivity index (χ3n) is 2.06. The third-order valence-corrected chi connectivity index (χ3v) is 2.28. The van der Waals surface area contributed by atoms with Gasteiger partial charge in [0, 0.05) is 12.8 Å². The summed E-state index contributed by atoms with van der Waals surface area (Å²) in [5.74, 6) is 0.0487. The zero-order chi connectivity index (χ0) is 12.3. The van der Waals surface area contributed by atoms with E-state index in [2.05, 4.69) is 9.97 Å². The van der Waals surface area contributed by atoms with Crippen molar-refractivity contribution in [1.29, 1.82) is 0 Å². The van der Waals surface area contributed by atoms with Crippen molar-refractivity contribution in [2.75, 3.05) is 5.88 Å². The van der Waals surface area contributed by atoms with Gasteiger partial charge in [0.15, 0.2) is 11.5 Å². The van der Waals surface area contributed by atoms with Crippen LogP contribution in [0.2, 0.25) is 0 Å². The van der Waals surface area contributed by atoms with Gasteiger partial charge in [-0.2, -0.15) is 0 Å². The molecule has 1 heterocycles. The Balaban J connectivity index is 2.98. The highest BCUT2D eigenvalue weighted by atomic mass is 35.5. The summed E-state index contributed by atoms with van der Waals surface area (Å²) >= 11 is 5.40. The zero-order valence-corrected chi connectivity index (χ0v) is 9.31. The number of H-pyrrole nitrogens is 1. The van der Waals surface area contributed by atoms with E-state index in [4.69, 9.17) is 11.6 Å². The van der Waals surface area contributed by atoms with Crippen molar-refractivity contribution in [3.8, 4) is 0 Å². The lowest BCUT2D eigenvalue weighted by atomic mass is 10.1. The number of imidazole rings is 1. The lowest BCUT2D eigenvalue weighted by molar-refractivity contribution is -0.390. The number of nitrogens with zero attached hydrogens (tertiary/aromatic N) is 2. The molecule has 0 aliphatic rings. The fraction of sp³-hybridized carbons (Fsp3) is 0.625. The largest absolute Gasteiger partial charge is 0.390 e. The molecule has 0 radical (unpaired) electrons. The number of hydrogen-bond donors (Lipinski definition) is 3. The van der Waals surface area contributed by atoms with E-state index < -0.39 is 22.9 Å². The van der Waals surface area contributed by atoms with Crippen LogP contribution < -0.4 is 0 Å². The van der Waals surface area contributed by atoms with Crippen molar-refractivity contribution < 1.29 is 15.1 Å². The summed E-state index contributed by atoms with van der Waals surface area (Å²) in [6.07, 6.45) is -2.45. The van der Waals surface area contributed by atoms with Gasteiger partial charge in [0.1, 0.15) is 6.10 Å². The second kappa shape index (κ2) is 5.24.